The van der Waals surface area contributed by atoms with Crippen molar-refractivity contribution in [2.75, 3.05) is 37.7 Å². The van der Waals surface area contributed by atoms with E-state index in [1.807, 2.05) is 18.3 Å². The van der Waals surface area contributed by atoms with E-state index in [-0.39, 0.29) is 0 Å². The first kappa shape index (κ1) is 21.3. The van der Waals surface area contributed by atoms with Gasteiger partial charge in [-0.3, -0.25) is 0 Å². The monoisotopic (exact) mass is 431 g/mol. The van der Waals surface area contributed by atoms with Crippen LogP contribution >= 0.6 is 11.8 Å². The number of aromatic nitrogens is 2. The van der Waals surface area contributed by atoms with Crippen LogP contribution in [0.4, 0.5) is 5.69 Å². The maximum Gasteiger partial charge on any atom is 0.133 e. The van der Waals surface area contributed by atoms with Gasteiger partial charge in [0.2, 0.25) is 0 Å². The van der Waals surface area contributed by atoms with Gasteiger partial charge in [-0.25, -0.2) is 9.97 Å². The van der Waals surface area contributed by atoms with Gasteiger partial charge in [-0.15, -0.1) is 0 Å². The van der Waals surface area contributed by atoms with Gasteiger partial charge in [0.1, 0.15) is 10.9 Å². The van der Waals surface area contributed by atoms with E-state index in [9.17, 15) is 0 Å². The zero-order valence-corrected chi connectivity index (χ0v) is 18.1. The molecule has 0 saturated carbocycles. The quantitative estimate of drug-likeness (QED) is 0.331. The van der Waals surface area contributed by atoms with Crippen LogP contribution in [0.3, 0.4) is 0 Å². The Morgan fingerprint density at radius 1 is 1.06 bits per heavy atom. The first-order valence-corrected chi connectivity index (χ1v) is 11.2. The Balaban J connectivity index is 1.38. The molecule has 2 heterocycles. The Labute approximate surface area is 187 Å². The molecule has 1 saturated heterocycles. The third kappa shape index (κ3) is 6.28. The summed E-state index contributed by atoms with van der Waals surface area (Å²) in [5, 5.41) is 12.7. The van der Waals surface area contributed by atoms with Crippen LogP contribution in [0.1, 0.15) is 17.0 Å². The minimum Gasteiger partial charge on any atom is -0.378 e. The van der Waals surface area contributed by atoms with Crippen LogP contribution in [-0.4, -0.2) is 42.8 Å². The van der Waals surface area contributed by atoms with Crippen molar-refractivity contribution in [3.63, 3.8) is 0 Å². The van der Waals surface area contributed by atoms with E-state index in [2.05, 4.69) is 63.7 Å². The summed E-state index contributed by atoms with van der Waals surface area (Å²) >= 11 is 1.62. The van der Waals surface area contributed by atoms with Gasteiger partial charge in [0.15, 0.2) is 0 Å². The summed E-state index contributed by atoms with van der Waals surface area (Å²) in [7, 11) is 0. The van der Waals surface area contributed by atoms with E-state index in [1.165, 1.54) is 11.3 Å². The molecule has 1 N–H and O–H groups in total. The Morgan fingerprint density at radius 3 is 2.71 bits per heavy atom. The summed E-state index contributed by atoms with van der Waals surface area (Å²) in [5.74, 6) is 0.816. The van der Waals surface area contributed by atoms with Gasteiger partial charge in [-0.2, -0.15) is 5.26 Å². The highest BCUT2D eigenvalue weighted by molar-refractivity contribution is 7.99. The molecule has 2 aromatic carbocycles. The average Bonchev–Trinajstić information content (AvgIpc) is 2.81. The number of ether oxygens (including phenoxy) is 1. The SMILES string of the molecule is N#CCNCc1cccc(Sc2ccnc(Cc3ccc(N4CCOCC4)cc3)n2)c1. The number of benzene rings is 2. The fourth-order valence-electron chi connectivity index (χ4n) is 3.45. The minimum atomic E-state index is 0.347. The number of nitrogens with one attached hydrogen (secondary N) is 1. The predicted molar refractivity (Wildman–Crippen MR) is 122 cm³/mol. The number of rotatable bonds is 8. The second kappa shape index (κ2) is 10.9. The number of morpholine rings is 1. The Kier molecular flexibility index (Phi) is 7.51. The van der Waals surface area contributed by atoms with Gasteiger partial charge in [0.25, 0.3) is 0 Å². The Hall–Kier alpha value is -2.92. The van der Waals surface area contributed by atoms with E-state index in [0.717, 1.165) is 47.6 Å². The molecule has 0 aliphatic carbocycles. The minimum absolute atomic E-state index is 0.347. The molecule has 3 aromatic rings. The van der Waals surface area contributed by atoms with Gasteiger partial charge >= 0.3 is 0 Å². The van der Waals surface area contributed by atoms with Crippen molar-refractivity contribution in [3.8, 4) is 6.07 Å². The predicted octanol–water partition coefficient (Wildman–Crippen LogP) is 3.67. The molecule has 4 rings (SSSR count). The van der Waals surface area contributed by atoms with Crippen molar-refractivity contribution >= 4 is 17.4 Å². The summed E-state index contributed by atoms with van der Waals surface area (Å²) in [6.07, 6.45) is 2.53. The van der Waals surface area contributed by atoms with Crippen LogP contribution in [-0.2, 0) is 17.7 Å². The Morgan fingerprint density at radius 2 is 1.90 bits per heavy atom. The van der Waals surface area contributed by atoms with Gasteiger partial charge in [-0.1, -0.05) is 36.0 Å². The second-order valence-electron chi connectivity index (χ2n) is 7.26. The highest BCUT2D eigenvalue weighted by Crippen LogP contribution is 2.27. The van der Waals surface area contributed by atoms with Crippen LogP contribution in [0, 0.1) is 11.3 Å². The van der Waals surface area contributed by atoms with Crippen LogP contribution in [0.2, 0.25) is 0 Å². The lowest BCUT2D eigenvalue weighted by atomic mass is 10.1. The highest BCUT2D eigenvalue weighted by Gasteiger charge is 2.11. The number of anilines is 1. The number of nitriles is 1. The fraction of sp³-hybridized carbons (Fsp3) is 0.292. The normalized spacial score (nSPS) is 13.7. The van der Waals surface area contributed by atoms with Gasteiger partial charge in [0, 0.05) is 42.8 Å². The summed E-state index contributed by atoms with van der Waals surface area (Å²) in [5.41, 5.74) is 3.58. The number of hydrogen-bond acceptors (Lipinski definition) is 7. The molecule has 0 unspecified atom stereocenters. The molecule has 6 nitrogen and oxygen atoms in total. The van der Waals surface area contributed by atoms with Crippen molar-refractivity contribution in [1.82, 2.24) is 15.3 Å². The van der Waals surface area contributed by atoms with Crippen LogP contribution < -0.4 is 10.2 Å². The van der Waals surface area contributed by atoms with Gasteiger partial charge < -0.3 is 15.0 Å². The second-order valence-corrected chi connectivity index (χ2v) is 8.36. The van der Waals surface area contributed by atoms with Crippen molar-refractivity contribution in [3.05, 3.63) is 77.7 Å². The fourth-order valence-corrected chi connectivity index (χ4v) is 4.33. The highest BCUT2D eigenvalue weighted by atomic mass is 32.2. The lowest BCUT2D eigenvalue weighted by Crippen LogP contribution is -2.36. The molecular weight excluding hydrogens is 406 g/mol. The number of hydrogen-bond donors (Lipinski definition) is 1. The van der Waals surface area contributed by atoms with Crippen LogP contribution in [0.15, 0.2) is 70.7 Å². The molecule has 1 aliphatic heterocycles. The molecule has 0 spiro atoms. The number of nitrogens with zero attached hydrogens (tertiary/aromatic N) is 4. The largest absolute Gasteiger partial charge is 0.378 e. The van der Waals surface area contributed by atoms with Crippen molar-refractivity contribution < 1.29 is 4.74 Å². The average molecular weight is 432 g/mol. The van der Waals surface area contributed by atoms with E-state index >= 15 is 0 Å². The third-order valence-corrected chi connectivity index (χ3v) is 5.93. The van der Waals surface area contributed by atoms with Crippen LogP contribution in [0.25, 0.3) is 0 Å². The first-order valence-electron chi connectivity index (χ1n) is 10.4. The van der Waals surface area contributed by atoms with Crippen molar-refractivity contribution in [1.29, 1.82) is 5.26 Å². The molecule has 1 fully saturated rings. The maximum atomic E-state index is 8.66. The Bertz CT molecular complexity index is 1030. The smallest absolute Gasteiger partial charge is 0.133 e. The van der Waals surface area contributed by atoms with E-state index in [4.69, 9.17) is 15.0 Å². The van der Waals surface area contributed by atoms with Crippen molar-refractivity contribution in [2.24, 2.45) is 0 Å². The molecule has 7 heteroatoms. The third-order valence-electron chi connectivity index (χ3n) is 5.01. The lowest BCUT2D eigenvalue weighted by molar-refractivity contribution is 0.122. The van der Waals surface area contributed by atoms with Crippen LogP contribution in [0.5, 0.6) is 0 Å². The van der Waals surface area contributed by atoms with Gasteiger partial charge in [0.05, 0.1) is 25.8 Å². The topological polar surface area (TPSA) is 74.1 Å². The van der Waals surface area contributed by atoms with E-state index < -0.39 is 0 Å². The zero-order chi connectivity index (χ0) is 21.3. The molecule has 0 amide bonds. The summed E-state index contributed by atoms with van der Waals surface area (Å²) < 4.78 is 5.43. The maximum absolute atomic E-state index is 8.66. The van der Waals surface area contributed by atoms with Crippen molar-refractivity contribution in [2.45, 2.75) is 22.9 Å². The molecule has 1 aliphatic rings. The summed E-state index contributed by atoms with van der Waals surface area (Å²) in [6.45, 7) is 4.49. The van der Waals surface area contributed by atoms with E-state index in [1.54, 1.807) is 11.8 Å². The summed E-state index contributed by atoms with van der Waals surface area (Å²) in [4.78, 5) is 12.7. The first-order chi connectivity index (χ1) is 15.3. The standard InChI is InChI=1S/C24H25N5OS/c25-9-11-26-18-20-2-1-3-22(16-20)31-24-8-10-27-23(28-24)17-19-4-6-21(7-5-19)29-12-14-30-15-13-29/h1-8,10,16,26H,11-15,17-18H2. The molecule has 0 radical (unpaired) electrons. The molecule has 1 aromatic heterocycles. The summed E-state index contributed by atoms with van der Waals surface area (Å²) in [6, 6.07) is 21.0. The van der Waals surface area contributed by atoms with Gasteiger partial charge in [-0.05, 0) is 41.5 Å². The molecular formula is C24H25N5OS. The molecule has 31 heavy (non-hydrogen) atoms. The molecule has 0 bridgehead atoms. The molecule has 0 atom stereocenters. The zero-order valence-electron chi connectivity index (χ0n) is 17.3. The molecule has 158 valence electrons. The lowest BCUT2D eigenvalue weighted by Gasteiger charge is -2.28. The van der Waals surface area contributed by atoms with E-state index in [0.29, 0.717) is 19.5 Å².